The molecular formula is C36H49N5O5S. The molecule has 1 aliphatic heterocycles. The molecule has 2 aromatic carbocycles. The van der Waals surface area contributed by atoms with Crippen LogP contribution in [0.2, 0.25) is 0 Å². The van der Waals surface area contributed by atoms with Crippen LogP contribution in [0.15, 0.2) is 47.4 Å². The Hall–Kier alpha value is -3.18. The molecule has 1 saturated heterocycles. The fourth-order valence-electron chi connectivity index (χ4n) is 9.91. The Morgan fingerprint density at radius 1 is 0.894 bits per heavy atom. The van der Waals surface area contributed by atoms with Gasteiger partial charge >= 0.3 is 0 Å². The molecule has 6 fully saturated rings. The highest BCUT2D eigenvalue weighted by atomic mass is 32.2. The number of nitro groups is 1. The molecule has 0 atom stereocenters. The van der Waals surface area contributed by atoms with Crippen LogP contribution in [0, 0.1) is 39.2 Å². The van der Waals surface area contributed by atoms with E-state index in [2.05, 4.69) is 19.8 Å². The minimum atomic E-state index is -4.32. The molecule has 254 valence electrons. The summed E-state index contributed by atoms with van der Waals surface area (Å²) < 4.78 is 28.3. The molecule has 2 N–H and O–H groups in total. The third kappa shape index (κ3) is 7.31. The van der Waals surface area contributed by atoms with Crippen LogP contribution in [0.3, 0.4) is 0 Å². The lowest BCUT2D eigenvalue weighted by Crippen LogP contribution is -2.50. The summed E-state index contributed by atoms with van der Waals surface area (Å²) in [5, 5.41) is 14.9. The molecule has 5 aliphatic carbocycles. The van der Waals surface area contributed by atoms with Gasteiger partial charge in [0, 0.05) is 50.0 Å². The van der Waals surface area contributed by atoms with Crippen molar-refractivity contribution >= 4 is 33.0 Å². The normalized spacial score (nSPS) is 27.9. The zero-order valence-electron chi connectivity index (χ0n) is 27.4. The number of sulfonamides is 1. The molecule has 5 saturated carbocycles. The number of carbonyl (C=O) groups excluding carboxylic acids is 1. The van der Waals surface area contributed by atoms with Gasteiger partial charge in [0.1, 0.15) is 5.69 Å². The number of benzene rings is 2. The fraction of sp³-hybridized carbons (Fsp3) is 0.639. The molecule has 6 aliphatic rings. The monoisotopic (exact) mass is 663 g/mol. The molecule has 10 nitrogen and oxygen atoms in total. The number of carbonyl (C=O) groups is 1. The molecule has 0 unspecified atom stereocenters. The van der Waals surface area contributed by atoms with Crippen LogP contribution in [0.1, 0.15) is 87.4 Å². The molecule has 2 aromatic rings. The predicted molar refractivity (Wildman–Crippen MR) is 183 cm³/mol. The van der Waals surface area contributed by atoms with Crippen molar-refractivity contribution in [2.75, 3.05) is 49.5 Å². The van der Waals surface area contributed by atoms with Crippen LogP contribution < -0.4 is 14.9 Å². The Labute approximate surface area is 278 Å². The third-order valence-corrected chi connectivity index (χ3v) is 13.3. The van der Waals surface area contributed by atoms with Crippen molar-refractivity contribution in [2.24, 2.45) is 29.1 Å². The molecule has 11 heteroatoms. The van der Waals surface area contributed by atoms with Crippen molar-refractivity contribution in [3.05, 3.63) is 58.1 Å². The fourth-order valence-corrected chi connectivity index (χ4v) is 10.9. The van der Waals surface area contributed by atoms with Crippen LogP contribution in [0.4, 0.5) is 17.1 Å². The van der Waals surface area contributed by atoms with Gasteiger partial charge in [0.25, 0.3) is 21.6 Å². The van der Waals surface area contributed by atoms with E-state index in [4.69, 9.17) is 0 Å². The maximum Gasteiger partial charge on any atom is 0.293 e. The number of nitrogens with one attached hydrogen (secondary N) is 2. The van der Waals surface area contributed by atoms with Crippen LogP contribution in [-0.4, -0.2) is 63.4 Å². The van der Waals surface area contributed by atoms with Crippen molar-refractivity contribution in [3.8, 4) is 0 Å². The Bertz CT molecular complexity index is 1530. The lowest BCUT2D eigenvalue weighted by molar-refractivity contribution is -0.384. The van der Waals surface area contributed by atoms with Gasteiger partial charge in [0.15, 0.2) is 0 Å². The Kier molecular flexibility index (Phi) is 9.21. The average molecular weight is 664 g/mol. The molecule has 0 radical (unpaired) electrons. The van der Waals surface area contributed by atoms with E-state index in [-0.39, 0.29) is 21.8 Å². The number of anilines is 2. The van der Waals surface area contributed by atoms with E-state index in [0.717, 1.165) is 81.4 Å². The maximum atomic E-state index is 13.1. The van der Waals surface area contributed by atoms with Gasteiger partial charge in [-0.05, 0) is 130 Å². The first-order chi connectivity index (χ1) is 22.6. The molecule has 0 aromatic heterocycles. The van der Waals surface area contributed by atoms with Crippen molar-refractivity contribution in [2.45, 2.75) is 81.9 Å². The third-order valence-electron chi connectivity index (χ3n) is 12.0. The molecule has 0 spiro atoms. The summed E-state index contributed by atoms with van der Waals surface area (Å²) in [5.41, 5.74) is 1.79. The second kappa shape index (κ2) is 13.4. The first-order valence-corrected chi connectivity index (χ1v) is 19.3. The summed E-state index contributed by atoms with van der Waals surface area (Å²) >= 11 is 0. The van der Waals surface area contributed by atoms with E-state index in [1.165, 1.54) is 70.0 Å². The van der Waals surface area contributed by atoms with Crippen LogP contribution in [0.25, 0.3) is 0 Å². The maximum absolute atomic E-state index is 13.1. The van der Waals surface area contributed by atoms with Gasteiger partial charge in [0.2, 0.25) is 0 Å². The van der Waals surface area contributed by atoms with Gasteiger partial charge in [-0.3, -0.25) is 19.8 Å². The SMILES string of the molecule is O=C(NS(=O)(=O)c1ccc(NCC2CCCCC2)c([N+](=O)[O-])c1)c1ccc(N2CCN(CCC34CC5CC(CC(C5)C3)C4)CC2)cc1. The number of nitrogens with zero attached hydrogens (tertiary/aromatic N) is 3. The Morgan fingerprint density at radius 3 is 2.15 bits per heavy atom. The smallest absolute Gasteiger partial charge is 0.293 e. The highest BCUT2D eigenvalue weighted by Gasteiger charge is 2.50. The van der Waals surface area contributed by atoms with E-state index in [9.17, 15) is 23.3 Å². The lowest BCUT2D eigenvalue weighted by Gasteiger charge is -2.57. The van der Waals surface area contributed by atoms with Crippen molar-refractivity contribution in [1.82, 2.24) is 9.62 Å². The van der Waals surface area contributed by atoms with E-state index in [0.29, 0.717) is 17.9 Å². The summed E-state index contributed by atoms with van der Waals surface area (Å²) in [6.45, 7) is 5.69. The van der Waals surface area contributed by atoms with Gasteiger partial charge < -0.3 is 10.2 Å². The average Bonchev–Trinajstić information content (AvgIpc) is 3.06. The Morgan fingerprint density at radius 2 is 1.53 bits per heavy atom. The predicted octanol–water partition coefficient (Wildman–Crippen LogP) is 6.43. The number of hydrogen-bond donors (Lipinski definition) is 2. The van der Waals surface area contributed by atoms with Crippen molar-refractivity contribution < 1.29 is 18.1 Å². The second-order valence-electron chi connectivity index (χ2n) is 15.3. The number of hydrogen-bond acceptors (Lipinski definition) is 8. The van der Waals surface area contributed by atoms with E-state index < -0.39 is 20.9 Å². The summed E-state index contributed by atoms with van der Waals surface area (Å²) in [6, 6.07) is 10.7. The van der Waals surface area contributed by atoms with Crippen molar-refractivity contribution in [1.29, 1.82) is 0 Å². The van der Waals surface area contributed by atoms with Crippen molar-refractivity contribution in [3.63, 3.8) is 0 Å². The van der Waals surface area contributed by atoms with E-state index in [1.807, 2.05) is 12.1 Å². The van der Waals surface area contributed by atoms with Crippen LogP contribution in [0.5, 0.6) is 0 Å². The number of amides is 1. The minimum absolute atomic E-state index is 0.215. The van der Waals surface area contributed by atoms with Gasteiger partial charge in [0.05, 0.1) is 9.82 Å². The molecule has 8 rings (SSSR count). The summed E-state index contributed by atoms with van der Waals surface area (Å²) in [6.07, 6.45) is 15.9. The van der Waals surface area contributed by atoms with Gasteiger partial charge in [-0.25, -0.2) is 13.1 Å². The highest BCUT2D eigenvalue weighted by molar-refractivity contribution is 7.90. The Balaban J connectivity index is 0.910. The number of nitro benzene ring substituents is 1. The molecular weight excluding hydrogens is 614 g/mol. The second-order valence-corrected chi connectivity index (χ2v) is 17.0. The number of rotatable bonds is 11. The lowest BCUT2D eigenvalue weighted by atomic mass is 9.49. The van der Waals surface area contributed by atoms with Gasteiger partial charge in [-0.15, -0.1) is 0 Å². The molecule has 1 heterocycles. The topological polar surface area (TPSA) is 125 Å². The van der Waals surface area contributed by atoms with Crippen LogP contribution in [-0.2, 0) is 10.0 Å². The van der Waals surface area contributed by atoms with Gasteiger partial charge in [-0.1, -0.05) is 19.3 Å². The van der Waals surface area contributed by atoms with Crippen LogP contribution >= 0.6 is 0 Å². The zero-order valence-corrected chi connectivity index (χ0v) is 28.2. The molecule has 4 bridgehead atoms. The summed E-state index contributed by atoms with van der Waals surface area (Å²) in [7, 11) is -4.32. The largest absolute Gasteiger partial charge is 0.379 e. The minimum Gasteiger partial charge on any atom is -0.379 e. The number of piperazine rings is 1. The quantitative estimate of drug-likeness (QED) is 0.208. The molecule has 1 amide bonds. The molecule has 47 heavy (non-hydrogen) atoms. The summed E-state index contributed by atoms with van der Waals surface area (Å²) in [4.78, 5) is 28.8. The standard InChI is InChI=1S/C36H49N5O5S/c42-35(38-47(45,46)32-10-11-33(34(21-32)41(43)44)37-25-26-4-2-1-3-5-26)30-6-8-31(9-7-30)40-16-14-39(15-17-40)13-12-36-22-27-18-28(23-36)20-29(19-27)24-36/h6-11,21,26-29,37H,1-5,12-20,22-25H2,(H,38,42). The van der Waals surface area contributed by atoms with Gasteiger partial charge in [-0.2, -0.15) is 0 Å². The van der Waals surface area contributed by atoms with E-state index in [1.54, 1.807) is 12.1 Å². The van der Waals surface area contributed by atoms with E-state index >= 15 is 0 Å². The highest BCUT2D eigenvalue weighted by Crippen LogP contribution is 2.61. The summed E-state index contributed by atoms with van der Waals surface area (Å²) in [5.74, 6) is 2.66. The zero-order chi connectivity index (χ0) is 32.6. The first kappa shape index (κ1) is 32.4. The first-order valence-electron chi connectivity index (χ1n) is 17.8.